The molecule has 4 aromatic rings. The minimum absolute atomic E-state index is 0.105. The lowest BCUT2D eigenvalue weighted by Crippen LogP contribution is -2.42. The Morgan fingerprint density at radius 1 is 0.971 bits per heavy atom. The van der Waals surface area contributed by atoms with Crippen LogP contribution in [0, 0.1) is 0 Å². The standard InChI is InChI=1S/C28H24N2O5/c1-32-24-13-20(11-12-23(24)33-17-19-7-3-2-4-8-19)16-29-30-28(31)27-18-34-25-14-21-9-5-6-10-22(21)15-26(25)35-27/h2-16,27H,17-18H2,1H3,(H,30,31)/b29-16+/t27-/m0/s1. The lowest BCUT2D eigenvalue weighted by molar-refractivity contribution is -0.130. The van der Waals surface area contributed by atoms with Crippen molar-refractivity contribution in [3.05, 3.63) is 96.1 Å². The van der Waals surface area contributed by atoms with Crippen LogP contribution in [0.15, 0.2) is 90.0 Å². The number of amides is 1. The zero-order chi connectivity index (χ0) is 24.0. The second-order valence-corrected chi connectivity index (χ2v) is 7.98. The van der Waals surface area contributed by atoms with Gasteiger partial charge in [0.1, 0.15) is 13.2 Å². The third kappa shape index (κ3) is 5.19. The molecule has 0 spiro atoms. The number of methoxy groups -OCH3 is 1. The molecule has 0 unspecified atom stereocenters. The van der Waals surface area contributed by atoms with E-state index in [1.807, 2.05) is 78.9 Å². The molecule has 1 heterocycles. The van der Waals surface area contributed by atoms with Gasteiger partial charge in [-0.3, -0.25) is 4.79 Å². The van der Waals surface area contributed by atoms with Crippen molar-refractivity contribution in [3.8, 4) is 23.0 Å². The number of nitrogens with one attached hydrogen (secondary N) is 1. The molecule has 0 radical (unpaired) electrons. The zero-order valence-electron chi connectivity index (χ0n) is 19.1. The third-order valence-corrected chi connectivity index (χ3v) is 5.58. The van der Waals surface area contributed by atoms with Gasteiger partial charge in [-0.1, -0.05) is 54.6 Å². The van der Waals surface area contributed by atoms with Gasteiger partial charge in [0, 0.05) is 0 Å². The summed E-state index contributed by atoms with van der Waals surface area (Å²) in [6.07, 6.45) is 0.733. The molecule has 0 aliphatic carbocycles. The Kier molecular flexibility index (Phi) is 6.48. The molecule has 7 nitrogen and oxygen atoms in total. The quantitative estimate of drug-likeness (QED) is 0.314. The average molecular weight is 469 g/mol. The number of fused-ring (bicyclic) bond motifs is 2. The van der Waals surface area contributed by atoms with Crippen molar-refractivity contribution in [2.45, 2.75) is 12.7 Å². The predicted molar refractivity (Wildman–Crippen MR) is 133 cm³/mol. The van der Waals surface area contributed by atoms with Crippen molar-refractivity contribution in [2.75, 3.05) is 13.7 Å². The van der Waals surface area contributed by atoms with Crippen molar-refractivity contribution in [1.82, 2.24) is 5.43 Å². The summed E-state index contributed by atoms with van der Waals surface area (Å²) < 4.78 is 23.0. The van der Waals surface area contributed by atoms with E-state index in [4.69, 9.17) is 18.9 Å². The SMILES string of the molecule is COc1cc(/C=N/NC(=O)[C@@H]2COc3cc4ccccc4cc3O2)ccc1OCc1ccccc1. The molecule has 7 heteroatoms. The van der Waals surface area contributed by atoms with E-state index in [2.05, 4.69) is 10.5 Å². The fourth-order valence-corrected chi connectivity index (χ4v) is 3.75. The number of carbonyl (C=O) groups is 1. The molecule has 4 aromatic carbocycles. The maximum absolute atomic E-state index is 12.6. The maximum atomic E-state index is 12.6. The van der Waals surface area contributed by atoms with Crippen molar-refractivity contribution < 1.29 is 23.7 Å². The summed E-state index contributed by atoms with van der Waals surface area (Å²) in [6.45, 7) is 0.539. The average Bonchev–Trinajstić information content (AvgIpc) is 2.91. The molecule has 5 rings (SSSR count). The Balaban J connectivity index is 1.19. The second-order valence-electron chi connectivity index (χ2n) is 7.98. The number of hydrogen-bond donors (Lipinski definition) is 1. The summed E-state index contributed by atoms with van der Waals surface area (Å²) >= 11 is 0. The summed E-state index contributed by atoms with van der Waals surface area (Å²) in [4.78, 5) is 12.6. The van der Waals surface area contributed by atoms with Gasteiger partial charge in [0.2, 0.25) is 6.10 Å². The van der Waals surface area contributed by atoms with E-state index >= 15 is 0 Å². The van der Waals surface area contributed by atoms with Crippen LogP contribution in [0.1, 0.15) is 11.1 Å². The topological polar surface area (TPSA) is 78.4 Å². The van der Waals surface area contributed by atoms with Gasteiger partial charge in [0.25, 0.3) is 5.91 Å². The molecule has 0 aromatic heterocycles. The molecule has 0 fully saturated rings. The van der Waals surface area contributed by atoms with Gasteiger partial charge in [-0.25, -0.2) is 5.43 Å². The van der Waals surface area contributed by atoms with E-state index in [9.17, 15) is 4.79 Å². The maximum Gasteiger partial charge on any atom is 0.284 e. The number of nitrogens with zero attached hydrogens (tertiary/aromatic N) is 1. The van der Waals surface area contributed by atoms with E-state index in [0.717, 1.165) is 21.9 Å². The van der Waals surface area contributed by atoms with Gasteiger partial charge in [0.15, 0.2) is 23.0 Å². The largest absolute Gasteiger partial charge is 0.493 e. The van der Waals surface area contributed by atoms with Crippen LogP contribution in [0.2, 0.25) is 0 Å². The molecule has 1 atom stereocenters. The summed E-state index contributed by atoms with van der Waals surface area (Å²) in [7, 11) is 1.58. The summed E-state index contributed by atoms with van der Waals surface area (Å²) in [5, 5.41) is 6.13. The molecule has 1 N–H and O–H groups in total. The number of hydrogen-bond acceptors (Lipinski definition) is 6. The van der Waals surface area contributed by atoms with E-state index < -0.39 is 12.0 Å². The van der Waals surface area contributed by atoms with Gasteiger partial charge in [-0.2, -0.15) is 5.10 Å². The highest BCUT2D eigenvalue weighted by Gasteiger charge is 2.27. The molecular weight excluding hydrogens is 444 g/mol. The number of hydrazone groups is 1. The normalized spacial score (nSPS) is 14.6. The molecule has 176 valence electrons. The molecule has 0 saturated heterocycles. The van der Waals surface area contributed by atoms with Crippen molar-refractivity contribution in [1.29, 1.82) is 0 Å². The fraction of sp³-hybridized carbons (Fsp3) is 0.143. The van der Waals surface area contributed by atoms with Gasteiger partial charge >= 0.3 is 0 Å². The summed E-state index contributed by atoms with van der Waals surface area (Å²) in [6, 6.07) is 27.0. The van der Waals surface area contributed by atoms with Crippen LogP contribution in [-0.4, -0.2) is 31.9 Å². The van der Waals surface area contributed by atoms with Crippen LogP contribution < -0.4 is 24.4 Å². The number of carbonyl (C=O) groups excluding carboxylic acids is 1. The lowest BCUT2D eigenvalue weighted by Gasteiger charge is -2.25. The first-order valence-electron chi connectivity index (χ1n) is 11.2. The second kappa shape index (κ2) is 10.2. The Bertz CT molecular complexity index is 1370. The van der Waals surface area contributed by atoms with Gasteiger partial charge in [-0.05, 0) is 52.2 Å². The lowest BCUT2D eigenvalue weighted by atomic mass is 10.1. The summed E-state index contributed by atoms with van der Waals surface area (Å²) in [5.74, 6) is 1.96. The number of ether oxygens (including phenoxy) is 4. The zero-order valence-corrected chi connectivity index (χ0v) is 19.1. The highest BCUT2D eigenvalue weighted by atomic mass is 16.6. The van der Waals surface area contributed by atoms with Gasteiger partial charge < -0.3 is 18.9 Å². The van der Waals surface area contributed by atoms with E-state index in [-0.39, 0.29) is 6.61 Å². The Hall–Kier alpha value is -4.52. The van der Waals surface area contributed by atoms with Crippen LogP contribution in [0.25, 0.3) is 10.8 Å². The Morgan fingerprint density at radius 2 is 1.71 bits per heavy atom. The minimum atomic E-state index is -0.802. The fourth-order valence-electron chi connectivity index (χ4n) is 3.75. The van der Waals surface area contributed by atoms with Crippen molar-refractivity contribution >= 4 is 22.9 Å². The monoisotopic (exact) mass is 468 g/mol. The molecule has 1 aliphatic rings. The van der Waals surface area contributed by atoms with E-state index in [1.54, 1.807) is 13.2 Å². The highest BCUT2D eigenvalue weighted by Crippen LogP contribution is 2.36. The number of rotatable bonds is 7. The van der Waals surface area contributed by atoms with Crippen molar-refractivity contribution in [3.63, 3.8) is 0 Å². The Labute approximate surface area is 202 Å². The van der Waals surface area contributed by atoms with E-state index in [1.165, 1.54) is 6.21 Å². The molecule has 1 amide bonds. The molecule has 35 heavy (non-hydrogen) atoms. The third-order valence-electron chi connectivity index (χ3n) is 5.58. The molecule has 0 saturated carbocycles. The Morgan fingerprint density at radius 3 is 2.49 bits per heavy atom. The minimum Gasteiger partial charge on any atom is -0.493 e. The predicted octanol–water partition coefficient (Wildman–Crippen LogP) is 4.72. The first-order chi connectivity index (χ1) is 17.2. The number of benzene rings is 4. The van der Waals surface area contributed by atoms with Crippen LogP contribution in [0.3, 0.4) is 0 Å². The van der Waals surface area contributed by atoms with E-state index in [0.29, 0.717) is 29.6 Å². The molecule has 0 bridgehead atoms. The summed E-state index contributed by atoms with van der Waals surface area (Å²) in [5.41, 5.74) is 4.33. The van der Waals surface area contributed by atoms with Crippen LogP contribution in [-0.2, 0) is 11.4 Å². The first-order valence-corrected chi connectivity index (χ1v) is 11.2. The van der Waals surface area contributed by atoms with Crippen molar-refractivity contribution in [2.24, 2.45) is 5.10 Å². The van der Waals surface area contributed by atoms with Gasteiger partial charge in [0.05, 0.1) is 13.3 Å². The van der Waals surface area contributed by atoms with Crippen LogP contribution in [0.5, 0.6) is 23.0 Å². The van der Waals surface area contributed by atoms with Crippen LogP contribution >= 0.6 is 0 Å². The highest BCUT2D eigenvalue weighted by molar-refractivity contribution is 5.88. The van der Waals surface area contributed by atoms with Crippen LogP contribution in [0.4, 0.5) is 0 Å². The van der Waals surface area contributed by atoms with Gasteiger partial charge in [-0.15, -0.1) is 0 Å². The first kappa shape index (κ1) is 22.3. The smallest absolute Gasteiger partial charge is 0.284 e. The molecular formula is C28H24N2O5. The molecule has 1 aliphatic heterocycles.